The third kappa shape index (κ3) is 1.91. The summed E-state index contributed by atoms with van der Waals surface area (Å²) in [6.45, 7) is 1.94. The molecule has 2 aliphatic heterocycles. The average molecular weight is 328 g/mol. The summed E-state index contributed by atoms with van der Waals surface area (Å²) in [4.78, 5) is 25.5. The van der Waals surface area contributed by atoms with Crippen LogP contribution in [0.4, 0.5) is 15.8 Å². The molecule has 0 unspecified atom stereocenters. The summed E-state index contributed by atoms with van der Waals surface area (Å²) in [5.41, 5.74) is 2.84. The number of nitrogens with one attached hydrogen (secondary N) is 1. The Balaban J connectivity index is 1.95. The Labute approximate surface area is 136 Å². The molecule has 1 saturated heterocycles. The van der Waals surface area contributed by atoms with Crippen LogP contribution in [0, 0.1) is 12.7 Å². The molecule has 1 spiro atoms. The van der Waals surface area contributed by atoms with Crippen LogP contribution in [0.1, 0.15) is 11.1 Å². The lowest BCUT2D eigenvalue weighted by Gasteiger charge is -2.32. The van der Waals surface area contributed by atoms with Crippen molar-refractivity contribution in [2.75, 3.05) is 16.0 Å². The van der Waals surface area contributed by atoms with Crippen LogP contribution in [0.25, 0.3) is 0 Å². The van der Waals surface area contributed by atoms with Gasteiger partial charge >= 0.3 is 0 Å². The zero-order valence-electron chi connectivity index (χ0n) is 12.3. The SMILES string of the molecule is Cc1ccc2c(c1)[C@@]1(SCC(=O)N1c1cccc(F)c1)C(=O)N2. The zero-order chi connectivity index (χ0) is 16.2. The van der Waals surface area contributed by atoms with Gasteiger partial charge in [0.05, 0.1) is 5.75 Å². The number of rotatable bonds is 1. The van der Waals surface area contributed by atoms with Crippen molar-refractivity contribution in [1.29, 1.82) is 0 Å². The topological polar surface area (TPSA) is 49.4 Å². The molecule has 0 bridgehead atoms. The third-order valence-corrected chi connectivity index (χ3v) is 5.53. The Hall–Kier alpha value is -2.34. The van der Waals surface area contributed by atoms with Crippen LogP contribution in [0.3, 0.4) is 0 Å². The van der Waals surface area contributed by atoms with E-state index >= 15 is 0 Å². The van der Waals surface area contributed by atoms with Gasteiger partial charge in [-0.05, 0) is 31.2 Å². The quantitative estimate of drug-likeness (QED) is 0.875. The largest absolute Gasteiger partial charge is 0.323 e. The van der Waals surface area contributed by atoms with Crippen LogP contribution in [0.2, 0.25) is 0 Å². The van der Waals surface area contributed by atoms with E-state index in [2.05, 4.69) is 5.32 Å². The number of nitrogens with zero attached hydrogens (tertiary/aromatic N) is 1. The number of hydrogen-bond donors (Lipinski definition) is 1. The number of carbonyl (C=O) groups is 2. The second-order valence-electron chi connectivity index (χ2n) is 5.64. The molecule has 23 heavy (non-hydrogen) atoms. The molecule has 4 rings (SSSR count). The Morgan fingerprint density at radius 2 is 2.04 bits per heavy atom. The summed E-state index contributed by atoms with van der Waals surface area (Å²) in [6.07, 6.45) is 0. The van der Waals surface area contributed by atoms with Crippen molar-refractivity contribution < 1.29 is 14.0 Å². The van der Waals surface area contributed by atoms with E-state index in [1.807, 2.05) is 25.1 Å². The summed E-state index contributed by atoms with van der Waals surface area (Å²) in [5, 5.41) is 2.84. The second-order valence-corrected chi connectivity index (χ2v) is 6.81. The van der Waals surface area contributed by atoms with Crippen molar-refractivity contribution in [1.82, 2.24) is 0 Å². The fourth-order valence-corrected chi connectivity index (χ4v) is 4.46. The fraction of sp³-hybridized carbons (Fsp3) is 0.176. The molecular formula is C17H13FN2O2S. The summed E-state index contributed by atoms with van der Waals surface area (Å²) in [6, 6.07) is 11.4. The minimum Gasteiger partial charge on any atom is -0.323 e. The summed E-state index contributed by atoms with van der Waals surface area (Å²) >= 11 is 1.27. The molecule has 2 aromatic carbocycles. The monoisotopic (exact) mass is 328 g/mol. The van der Waals surface area contributed by atoms with Gasteiger partial charge < -0.3 is 5.32 Å². The number of amides is 2. The Morgan fingerprint density at radius 1 is 1.22 bits per heavy atom. The number of hydrogen-bond acceptors (Lipinski definition) is 3. The third-order valence-electron chi connectivity index (χ3n) is 4.13. The molecule has 0 aromatic heterocycles. The van der Waals surface area contributed by atoms with Crippen molar-refractivity contribution in [3.8, 4) is 0 Å². The van der Waals surface area contributed by atoms with Gasteiger partial charge in [0.2, 0.25) is 10.8 Å². The Morgan fingerprint density at radius 3 is 2.83 bits per heavy atom. The van der Waals surface area contributed by atoms with Crippen molar-refractivity contribution in [2.24, 2.45) is 0 Å². The molecule has 6 heteroatoms. The van der Waals surface area contributed by atoms with E-state index in [4.69, 9.17) is 0 Å². The van der Waals surface area contributed by atoms with E-state index in [0.717, 1.165) is 11.1 Å². The Bertz CT molecular complexity index is 854. The maximum absolute atomic E-state index is 13.6. The molecule has 0 saturated carbocycles. The van der Waals surface area contributed by atoms with E-state index in [0.29, 0.717) is 11.4 Å². The van der Waals surface area contributed by atoms with Gasteiger partial charge in [0.1, 0.15) is 5.82 Å². The minimum atomic E-state index is -1.16. The number of benzene rings is 2. The number of thioether (sulfide) groups is 1. The van der Waals surface area contributed by atoms with E-state index in [1.165, 1.54) is 28.8 Å². The lowest BCUT2D eigenvalue weighted by molar-refractivity contribution is -0.122. The highest BCUT2D eigenvalue weighted by Crippen LogP contribution is 2.53. The van der Waals surface area contributed by atoms with E-state index in [9.17, 15) is 14.0 Å². The summed E-state index contributed by atoms with van der Waals surface area (Å²) < 4.78 is 13.6. The number of carbonyl (C=O) groups excluding carboxylic acids is 2. The second kappa shape index (κ2) is 4.83. The Kier molecular flexibility index (Phi) is 2.99. The zero-order valence-corrected chi connectivity index (χ0v) is 13.1. The van der Waals surface area contributed by atoms with E-state index in [-0.39, 0.29) is 17.6 Å². The molecule has 2 aromatic rings. The molecule has 2 amide bonds. The van der Waals surface area contributed by atoms with Gasteiger partial charge in [0, 0.05) is 16.9 Å². The average Bonchev–Trinajstić information content (AvgIpc) is 2.99. The summed E-state index contributed by atoms with van der Waals surface area (Å²) in [7, 11) is 0. The van der Waals surface area contributed by atoms with Crippen LogP contribution >= 0.6 is 11.8 Å². The highest BCUT2D eigenvalue weighted by atomic mass is 32.2. The highest BCUT2D eigenvalue weighted by Gasteiger charge is 2.58. The standard InChI is InChI=1S/C17H13FN2O2S/c1-10-5-6-14-13(7-10)17(16(22)19-14)20(15(21)9-23-17)12-4-2-3-11(18)8-12/h2-8H,9H2,1H3,(H,19,22)/t17-/m1/s1. The van der Waals surface area contributed by atoms with Gasteiger partial charge in [-0.15, -0.1) is 11.8 Å². The number of halogens is 1. The molecular weight excluding hydrogens is 315 g/mol. The molecule has 4 nitrogen and oxygen atoms in total. The van der Waals surface area contributed by atoms with Gasteiger partial charge in [0.15, 0.2) is 0 Å². The van der Waals surface area contributed by atoms with Crippen LogP contribution in [-0.2, 0) is 14.5 Å². The van der Waals surface area contributed by atoms with Gasteiger partial charge in [-0.2, -0.15) is 0 Å². The first kappa shape index (κ1) is 14.3. The molecule has 1 N–H and O–H groups in total. The van der Waals surface area contributed by atoms with Crippen molar-refractivity contribution in [3.63, 3.8) is 0 Å². The lowest BCUT2D eigenvalue weighted by Crippen LogP contribution is -2.47. The van der Waals surface area contributed by atoms with Gasteiger partial charge in [0.25, 0.3) is 5.91 Å². The van der Waals surface area contributed by atoms with Gasteiger partial charge in [-0.3, -0.25) is 14.5 Å². The summed E-state index contributed by atoms with van der Waals surface area (Å²) in [5.74, 6) is -0.731. The van der Waals surface area contributed by atoms with Crippen LogP contribution in [0.15, 0.2) is 42.5 Å². The van der Waals surface area contributed by atoms with Gasteiger partial charge in [-0.1, -0.05) is 23.8 Å². The first-order chi connectivity index (χ1) is 11.0. The number of aryl methyl sites for hydroxylation is 1. The normalized spacial score (nSPS) is 22.6. The predicted molar refractivity (Wildman–Crippen MR) is 87.8 cm³/mol. The number of anilines is 2. The van der Waals surface area contributed by atoms with Gasteiger partial charge in [-0.25, -0.2) is 4.39 Å². The van der Waals surface area contributed by atoms with Crippen LogP contribution in [0.5, 0.6) is 0 Å². The molecule has 0 aliphatic carbocycles. The smallest absolute Gasteiger partial charge is 0.266 e. The molecule has 0 radical (unpaired) electrons. The molecule has 2 heterocycles. The van der Waals surface area contributed by atoms with Crippen LogP contribution < -0.4 is 10.2 Å². The predicted octanol–water partition coefficient (Wildman–Crippen LogP) is 3.02. The molecule has 2 aliphatic rings. The first-order valence-electron chi connectivity index (χ1n) is 7.17. The number of fused-ring (bicyclic) bond motifs is 2. The van der Waals surface area contributed by atoms with Crippen molar-refractivity contribution >= 4 is 35.0 Å². The van der Waals surface area contributed by atoms with Crippen molar-refractivity contribution in [2.45, 2.75) is 11.8 Å². The maximum atomic E-state index is 13.6. The van der Waals surface area contributed by atoms with E-state index in [1.54, 1.807) is 12.1 Å². The molecule has 1 atom stereocenters. The highest BCUT2D eigenvalue weighted by molar-refractivity contribution is 8.02. The fourth-order valence-electron chi connectivity index (χ4n) is 3.15. The van der Waals surface area contributed by atoms with E-state index < -0.39 is 10.7 Å². The van der Waals surface area contributed by atoms with Crippen LogP contribution in [-0.4, -0.2) is 17.6 Å². The minimum absolute atomic E-state index is 0.178. The van der Waals surface area contributed by atoms with Crippen molar-refractivity contribution in [3.05, 3.63) is 59.4 Å². The molecule has 1 fully saturated rings. The lowest BCUT2D eigenvalue weighted by atomic mass is 10.0. The first-order valence-corrected chi connectivity index (χ1v) is 8.16. The molecule has 116 valence electrons. The maximum Gasteiger partial charge on any atom is 0.266 e.